The molecule has 0 spiro atoms. The predicted octanol–water partition coefficient (Wildman–Crippen LogP) is 2.52. The van der Waals surface area contributed by atoms with Gasteiger partial charge in [0.1, 0.15) is 0 Å². The van der Waals surface area contributed by atoms with E-state index < -0.39 is 42.2 Å². The number of nitrogens with zero attached hydrogens (tertiary/aromatic N) is 1. The van der Waals surface area contributed by atoms with Crippen LogP contribution >= 0.6 is 0 Å². The van der Waals surface area contributed by atoms with E-state index in [2.05, 4.69) is 9.72 Å². The molecule has 0 aliphatic heterocycles. The Morgan fingerprint density at radius 2 is 1.94 bits per heavy atom. The predicted molar refractivity (Wildman–Crippen MR) is 43.7 cm³/mol. The van der Waals surface area contributed by atoms with Crippen LogP contribution in [0.15, 0.2) is 6.20 Å². The second-order valence-electron chi connectivity index (χ2n) is 2.86. The fraction of sp³-hybridized carbons (Fsp3) is 0.375. The fourth-order valence-electron chi connectivity index (χ4n) is 1.16. The molecule has 1 aromatic rings. The molecule has 1 aromatic heterocycles. The molecule has 9 heteroatoms. The number of pyridine rings is 1. The molecular formula is C8H6F6N2O. The molecular weight excluding hydrogens is 254 g/mol. The average molecular weight is 260 g/mol. The molecule has 17 heavy (non-hydrogen) atoms. The van der Waals surface area contributed by atoms with E-state index in [4.69, 9.17) is 5.73 Å². The molecule has 0 aliphatic carbocycles. The van der Waals surface area contributed by atoms with Gasteiger partial charge in [-0.25, -0.2) is 13.8 Å². The highest BCUT2D eigenvalue weighted by molar-refractivity contribution is 5.38. The van der Waals surface area contributed by atoms with Crippen LogP contribution in [0.3, 0.4) is 0 Å². The van der Waals surface area contributed by atoms with Crippen molar-refractivity contribution in [2.45, 2.75) is 19.3 Å². The van der Waals surface area contributed by atoms with E-state index in [1.54, 1.807) is 0 Å². The van der Waals surface area contributed by atoms with Crippen LogP contribution in [0.4, 0.5) is 26.3 Å². The van der Waals surface area contributed by atoms with E-state index >= 15 is 0 Å². The van der Waals surface area contributed by atoms with Gasteiger partial charge < -0.3 is 10.5 Å². The molecule has 0 fully saturated rings. The van der Waals surface area contributed by atoms with Crippen molar-refractivity contribution >= 4 is 0 Å². The maximum atomic E-state index is 12.9. The van der Waals surface area contributed by atoms with Crippen LogP contribution in [0.2, 0.25) is 0 Å². The first-order valence-electron chi connectivity index (χ1n) is 4.17. The van der Waals surface area contributed by atoms with E-state index in [1.807, 2.05) is 0 Å². The molecule has 0 atom stereocenters. The van der Waals surface area contributed by atoms with Crippen molar-refractivity contribution in [1.82, 2.24) is 4.98 Å². The fourth-order valence-corrected chi connectivity index (χ4v) is 1.16. The molecule has 0 radical (unpaired) electrons. The Hall–Kier alpha value is -1.51. The lowest BCUT2D eigenvalue weighted by molar-refractivity contribution is -0.275. The van der Waals surface area contributed by atoms with Gasteiger partial charge in [0.15, 0.2) is 5.75 Å². The van der Waals surface area contributed by atoms with Gasteiger partial charge in [0.05, 0.1) is 11.8 Å². The normalized spacial score (nSPS) is 12.0. The maximum Gasteiger partial charge on any atom is 0.573 e. The van der Waals surface area contributed by atoms with E-state index in [1.165, 1.54) is 0 Å². The first kappa shape index (κ1) is 13.6. The van der Waals surface area contributed by atoms with E-state index in [0.717, 1.165) is 0 Å². The monoisotopic (exact) mass is 260 g/mol. The van der Waals surface area contributed by atoms with Gasteiger partial charge in [0, 0.05) is 12.1 Å². The van der Waals surface area contributed by atoms with Crippen molar-refractivity contribution in [2.75, 3.05) is 0 Å². The zero-order chi connectivity index (χ0) is 13.2. The van der Waals surface area contributed by atoms with Crippen molar-refractivity contribution in [2.24, 2.45) is 5.73 Å². The Kier molecular flexibility index (Phi) is 3.81. The lowest BCUT2D eigenvalue weighted by Gasteiger charge is -2.15. The maximum absolute atomic E-state index is 12.9. The smallest absolute Gasteiger partial charge is 0.404 e. The topological polar surface area (TPSA) is 48.1 Å². The second kappa shape index (κ2) is 4.78. The van der Waals surface area contributed by atoms with Crippen LogP contribution in [-0.4, -0.2) is 11.3 Å². The van der Waals surface area contributed by atoms with Crippen molar-refractivity contribution in [3.8, 4) is 5.75 Å². The Morgan fingerprint density at radius 3 is 2.35 bits per heavy atom. The Bertz CT molecular complexity index is 406. The number of rotatable bonds is 3. The van der Waals surface area contributed by atoms with Crippen molar-refractivity contribution in [3.63, 3.8) is 0 Å². The summed E-state index contributed by atoms with van der Waals surface area (Å²) in [5.41, 5.74) is 2.96. The van der Waals surface area contributed by atoms with Crippen LogP contribution in [-0.2, 0) is 6.54 Å². The molecule has 0 unspecified atom stereocenters. The molecule has 0 saturated heterocycles. The van der Waals surface area contributed by atoms with Gasteiger partial charge in [0.25, 0.3) is 6.43 Å². The molecule has 0 aromatic carbocycles. The molecule has 2 N–H and O–H groups in total. The molecule has 1 rings (SSSR count). The number of hydrogen-bond acceptors (Lipinski definition) is 3. The van der Waals surface area contributed by atoms with Gasteiger partial charge in [-0.2, -0.15) is 4.39 Å². The molecule has 0 saturated carbocycles. The van der Waals surface area contributed by atoms with Crippen LogP contribution in [0.1, 0.15) is 17.6 Å². The van der Waals surface area contributed by atoms with Crippen LogP contribution in [0, 0.1) is 5.95 Å². The summed E-state index contributed by atoms with van der Waals surface area (Å²) in [6.45, 7) is -0.732. The SMILES string of the molecule is NCc1c(OC(F)(F)F)cnc(F)c1C(F)F. The molecule has 3 nitrogen and oxygen atoms in total. The number of nitrogens with two attached hydrogens (primary N) is 1. The zero-order valence-corrected chi connectivity index (χ0v) is 8.06. The van der Waals surface area contributed by atoms with Gasteiger partial charge in [-0.1, -0.05) is 0 Å². The molecule has 0 aliphatic rings. The third-order valence-electron chi connectivity index (χ3n) is 1.79. The van der Waals surface area contributed by atoms with Gasteiger partial charge in [-0.05, 0) is 0 Å². The lowest BCUT2D eigenvalue weighted by Crippen LogP contribution is -2.20. The highest BCUT2D eigenvalue weighted by Crippen LogP contribution is 2.33. The molecule has 1 heterocycles. The third kappa shape index (κ3) is 3.22. The molecule has 96 valence electrons. The number of halogens is 6. The lowest BCUT2D eigenvalue weighted by atomic mass is 10.1. The Labute approximate surface area is 91.2 Å². The summed E-state index contributed by atoms with van der Waals surface area (Å²) in [5, 5.41) is 0. The highest BCUT2D eigenvalue weighted by Gasteiger charge is 2.34. The zero-order valence-electron chi connectivity index (χ0n) is 8.06. The summed E-state index contributed by atoms with van der Waals surface area (Å²) < 4.78 is 76.9. The Morgan fingerprint density at radius 1 is 1.35 bits per heavy atom. The minimum absolute atomic E-state index is 0.358. The average Bonchev–Trinajstić information content (AvgIpc) is 2.17. The van der Waals surface area contributed by atoms with Gasteiger partial charge >= 0.3 is 6.36 Å². The summed E-state index contributed by atoms with van der Waals surface area (Å²) in [6, 6.07) is 0. The van der Waals surface area contributed by atoms with Crippen LogP contribution in [0.5, 0.6) is 5.75 Å². The summed E-state index contributed by atoms with van der Waals surface area (Å²) in [7, 11) is 0. The molecule has 0 amide bonds. The second-order valence-corrected chi connectivity index (χ2v) is 2.86. The molecule has 0 bridgehead atoms. The standard InChI is InChI=1S/C8H6F6N2O/c9-6(10)5-3(1-15)4(2-16-7(5)11)17-8(12,13)14/h2,6H,1,15H2. The van der Waals surface area contributed by atoms with Crippen LogP contribution in [0.25, 0.3) is 0 Å². The minimum atomic E-state index is -5.09. The van der Waals surface area contributed by atoms with Gasteiger partial charge in [-0.15, -0.1) is 13.2 Å². The summed E-state index contributed by atoms with van der Waals surface area (Å²) >= 11 is 0. The van der Waals surface area contributed by atoms with Crippen LogP contribution < -0.4 is 10.5 Å². The first-order chi connectivity index (χ1) is 7.76. The summed E-state index contributed by atoms with van der Waals surface area (Å²) in [5.74, 6) is -2.60. The van der Waals surface area contributed by atoms with Gasteiger partial charge in [-0.3, -0.25) is 0 Å². The third-order valence-corrected chi connectivity index (χ3v) is 1.79. The first-order valence-corrected chi connectivity index (χ1v) is 4.17. The highest BCUT2D eigenvalue weighted by atomic mass is 19.4. The number of alkyl halides is 5. The van der Waals surface area contributed by atoms with Gasteiger partial charge in [0.2, 0.25) is 5.95 Å². The van der Waals surface area contributed by atoms with E-state index in [-0.39, 0.29) is 0 Å². The number of hydrogen-bond donors (Lipinski definition) is 1. The summed E-state index contributed by atoms with van der Waals surface area (Å²) in [6.07, 6.45) is -8.07. The summed E-state index contributed by atoms with van der Waals surface area (Å²) in [4.78, 5) is 2.77. The minimum Gasteiger partial charge on any atom is -0.404 e. The van der Waals surface area contributed by atoms with E-state index in [0.29, 0.717) is 6.20 Å². The number of aromatic nitrogens is 1. The van der Waals surface area contributed by atoms with Crippen molar-refractivity contribution < 1.29 is 31.1 Å². The van der Waals surface area contributed by atoms with E-state index in [9.17, 15) is 26.3 Å². The number of ether oxygens (including phenoxy) is 1. The van der Waals surface area contributed by atoms with Crippen molar-refractivity contribution in [3.05, 3.63) is 23.3 Å². The van der Waals surface area contributed by atoms with Crippen molar-refractivity contribution in [1.29, 1.82) is 0 Å². The largest absolute Gasteiger partial charge is 0.573 e. The quantitative estimate of drug-likeness (QED) is 0.671. The Balaban J connectivity index is 3.28.